The van der Waals surface area contributed by atoms with Gasteiger partial charge >= 0.3 is 5.97 Å². The third-order valence-electron chi connectivity index (χ3n) is 2.84. The first-order valence-electron chi connectivity index (χ1n) is 6.69. The van der Waals surface area contributed by atoms with E-state index in [0.717, 1.165) is 6.42 Å². The standard InChI is InChI=1S/C12H23NO6S/c1-17-4-2-5-18-6-7-19-12(14)9-11-10-20(15,16)8-3-13-11/h11,13H,2-10H2,1H3. The van der Waals surface area contributed by atoms with Gasteiger partial charge in [-0.1, -0.05) is 0 Å². The Morgan fingerprint density at radius 3 is 2.75 bits per heavy atom. The molecule has 0 bridgehead atoms. The van der Waals surface area contributed by atoms with Gasteiger partial charge in [0.2, 0.25) is 0 Å². The molecule has 0 radical (unpaired) electrons. The fourth-order valence-electron chi connectivity index (χ4n) is 1.88. The third-order valence-corrected chi connectivity index (χ3v) is 4.58. The molecule has 1 heterocycles. The van der Waals surface area contributed by atoms with Gasteiger partial charge in [0.15, 0.2) is 9.84 Å². The summed E-state index contributed by atoms with van der Waals surface area (Å²) >= 11 is 0. The molecular formula is C12H23NO6S. The summed E-state index contributed by atoms with van der Waals surface area (Å²) < 4.78 is 37.9. The van der Waals surface area contributed by atoms with Gasteiger partial charge < -0.3 is 19.5 Å². The fraction of sp³-hybridized carbons (Fsp3) is 0.917. The molecule has 1 N–H and O–H groups in total. The lowest BCUT2D eigenvalue weighted by molar-refractivity contribution is -0.145. The first-order chi connectivity index (χ1) is 9.53. The van der Waals surface area contributed by atoms with Crippen LogP contribution in [0.1, 0.15) is 12.8 Å². The van der Waals surface area contributed by atoms with E-state index in [1.807, 2.05) is 0 Å². The maximum atomic E-state index is 11.5. The monoisotopic (exact) mass is 309 g/mol. The number of carbonyl (C=O) groups is 1. The Labute approximate surface area is 119 Å². The van der Waals surface area contributed by atoms with Gasteiger partial charge in [-0.3, -0.25) is 4.79 Å². The summed E-state index contributed by atoms with van der Waals surface area (Å²) in [7, 11) is -1.40. The maximum Gasteiger partial charge on any atom is 0.307 e. The van der Waals surface area contributed by atoms with Crippen LogP contribution in [0.5, 0.6) is 0 Å². The Balaban J connectivity index is 2.05. The van der Waals surface area contributed by atoms with E-state index >= 15 is 0 Å². The summed E-state index contributed by atoms with van der Waals surface area (Å²) in [6, 6.07) is -0.344. The lowest BCUT2D eigenvalue weighted by Crippen LogP contribution is -2.46. The average Bonchev–Trinajstić information content (AvgIpc) is 2.36. The van der Waals surface area contributed by atoms with Crippen LogP contribution in [-0.2, 0) is 28.8 Å². The van der Waals surface area contributed by atoms with Crippen molar-refractivity contribution < 1.29 is 27.4 Å². The highest BCUT2D eigenvalue weighted by atomic mass is 32.2. The van der Waals surface area contributed by atoms with Gasteiger partial charge in [-0.15, -0.1) is 0 Å². The lowest BCUT2D eigenvalue weighted by atomic mass is 10.2. The minimum atomic E-state index is -3.02. The van der Waals surface area contributed by atoms with Crippen LogP contribution in [-0.4, -0.2) is 72.0 Å². The van der Waals surface area contributed by atoms with Crippen molar-refractivity contribution >= 4 is 15.8 Å². The molecule has 1 unspecified atom stereocenters. The Kier molecular flexibility index (Phi) is 8.05. The van der Waals surface area contributed by atoms with Gasteiger partial charge in [0, 0.05) is 32.9 Å². The SMILES string of the molecule is COCCCOCCOC(=O)CC1CS(=O)(=O)CCN1. The second-order valence-electron chi connectivity index (χ2n) is 4.65. The van der Waals surface area contributed by atoms with E-state index in [2.05, 4.69) is 5.32 Å². The zero-order valence-corrected chi connectivity index (χ0v) is 12.6. The van der Waals surface area contributed by atoms with E-state index in [1.54, 1.807) is 7.11 Å². The molecule has 0 spiro atoms. The quantitative estimate of drug-likeness (QED) is 0.447. The van der Waals surface area contributed by atoms with Crippen molar-refractivity contribution in [1.82, 2.24) is 5.32 Å². The number of carbonyl (C=O) groups excluding carboxylic acids is 1. The normalized spacial score (nSPS) is 21.6. The summed E-state index contributed by atoms with van der Waals surface area (Å²) in [5, 5.41) is 3.01. The van der Waals surface area contributed by atoms with Gasteiger partial charge in [-0.25, -0.2) is 8.42 Å². The van der Waals surface area contributed by atoms with Crippen LogP contribution in [0.4, 0.5) is 0 Å². The number of rotatable bonds is 9. The summed E-state index contributed by atoms with van der Waals surface area (Å²) in [6.45, 7) is 2.12. The van der Waals surface area contributed by atoms with Crippen LogP contribution in [0.2, 0.25) is 0 Å². The Morgan fingerprint density at radius 2 is 2.05 bits per heavy atom. The highest BCUT2D eigenvalue weighted by Crippen LogP contribution is 2.05. The zero-order valence-electron chi connectivity index (χ0n) is 11.8. The molecule has 1 saturated heterocycles. The molecule has 0 aromatic rings. The van der Waals surface area contributed by atoms with Crippen molar-refractivity contribution in [3.63, 3.8) is 0 Å². The van der Waals surface area contributed by atoms with E-state index in [4.69, 9.17) is 14.2 Å². The molecule has 0 aliphatic carbocycles. The van der Waals surface area contributed by atoms with E-state index in [-0.39, 0.29) is 30.6 Å². The van der Waals surface area contributed by atoms with Gasteiger partial charge in [-0.05, 0) is 6.42 Å². The van der Waals surface area contributed by atoms with Crippen LogP contribution in [0.15, 0.2) is 0 Å². The molecule has 0 amide bonds. The second kappa shape index (κ2) is 9.28. The third kappa shape index (κ3) is 7.78. The highest BCUT2D eigenvalue weighted by molar-refractivity contribution is 7.91. The van der Waals surface area contributed by atoms with Gasteiger partial charge in [0.1, 0.15) is 6.61 Å². The van der Waals surface area contributed by atoms with Crippen molar-refractivity contribution in [2.24, 2.45) is 0 Å². The molecule has 0 saturated carbocycles. The minimum absolute atomic E-state index is 0.00435. The summed E-state index contributed by atoms with van der Waals surface area (Å²) in [6.07, 6.45) is 0.872. The summed E-state index contributed by atoms with van der Waals surface area (Å²) in [5.74, 6) is -0.274. The van der Waals surface area contributed by atoms with Crippen LogP contribution < -0.4 is 5.32 Å². The van der Waals surface area contributed by atoms with E-state index < -0.39 is 15.8 Å². The zero-order chi connectivity index (χ0) is 14.8. The molecule has 1 aliphatic heterocycles. The number of methoxy groups -OCH3 is 1. The van der Waals surface area contributed by atoms with E-state index in [0.29, 0.717) is 26.4 Å². The number of ether oxygens (including phenoxy) is 3. The van der Waals surface area contributed by atoms with Gasteiger partial charge in [0.25, 0.3) is 0 Å². The molecule has 20 heavy (non-hydrogen) atoms. The molecule has 7 nitrogen and oxygen atoms in total. The second-order valence-corrected chi connectivity index (χ2v) is 6.88. The highest BCUT2D eigenvalue weighted by Gasteiger charge is 2.26. The predicted octanol–water partition coefficient (Wildman–Crippen LogP) is -0.641. The largest absolute Gasteiger partial charge is 0.463 e. The molecule has 118 valence electrons. The molecule has 0 aromatic carbocycles. The van der Waals surface area contributed by atoms with Crippen LogP contribution in [0.3, 0.4) is 0 Å². The molecule has 0 aromatic heterocycles. The molecule has 1 fully saturated rings. The smallest absolute Gasteiger partial charge is 0.307 e. The van der Waals surface area contributed by atoms with Crippen molar-refractivity contribution in [1.29, 1.82) is 0 Å². The summed E-state index contributed by atoms with van der Waals surface area (Å²) in [5.41, 5.74) is 0. The van der Waals surface area contributed by atoms with Crippen molar-refractivity contribution in [2.45, 2.75) is 18.9 Å². The number of esters is 1. The number of hydrogen-bond acceptors (Lipinski definition) is 7. The molecular weight excluding hydrogens is 286 g/mol. The first-order valence-corrected chi connectivity index (χ1v) is 8.52. The average molecular weight is 309 g/mol. The summed E-state index contributed by atoms with van der Waals surface area (Å²) in [4.78, 5) is 11.5. The molecule has 1 atom stereocenters. The molecule has 8 heteroatoms. The molecule has 1 aliphatic rings. The van der Waals surface area contributed by atoms with Crippen molar-refractivity contribution in [2.75, 3.05) is 51.6 Å². The fourth-order valence-corrected chi connectivity index (χ4v) is 3.32. The number of hydrogen-bond donors (Lipinski definition) is 1. The number of sulfone groups is 1. The Hall–Kier alpha value is -0.700. The van der Waals surface area contributed by atoms with Gasteiger partial charge in [-0.2, -0.15) is 0 Å². The Morgan fingerprint density at radius 1 is 1.25 bits per heavy atom. The lowest BCUT2D eigenvalue weighted by Gasteiger charge is -2.22. The Bertz CT molecular complexity index is 383. The van der Waals surface area contributed by atoms with Crippen LogP contribution in [0, 0.1) is 0 Å². The van der Waals surface area contributed by atoms with Gasteiger partial charge in [0.05, 0.1) is 24.5 Å². The minimum Gasteiger partial charge on any atom is -0.463 e. The van der Waals surface area contributed by atoms with E-state index in [1.165, 1.54) is 0 Å². The van der Waals surface area contributed by atoms with Crippen molar-refractivity contribution in [3.8, 4) is 0 Å². The number of nitrogens with one attached hydrogen (secondary N) is 1. The maximum absolute atomic E-state index is 11.5. The topological polar surface area (TPSA) is 90.9 Å². The van der Waals surface area contributed by atoms with Crippen molar-refractivity contribution in [3.05, 3.63) is 0 Å². The van der Waals surface area contributed by atoms with Crippen LogP contribution in [0.25, 0.3) is 0 Å². The van der Waals surface area contributed by atoms with Crippen LogP contribution >= 0.6 is 0 Å². The first kappa shape index (κ1) is 17.4. The van der Waals surface area contributed by atoms with E-state index in [9.17, 15) is 13.2 Å². The predicted molar refractivity (Wildman–Crippen MR) is 73.3 cm³/mol. The molecule has 1 rings (SSSR count).